The Bertz CT molecular complexity index is 1310. The minimum absolute atomic E-state index is 0.173. The highest BCUT2D eigenvalue weighted by Gasteiger charge is 2.37. The summed E-state index contributed by atoms with van der Waals surface area (Å²) < 4.78 is 12.2. The lowest BCUT2D eigenvalue weighted by molar-refractivity contribution is -0.122. The number of carbonyl (C=O) groups is 3. The number of amides is 4. The number of nitrogens with zero attached hydrogens (tertiary/aromatic N) is 1. The van der Waals surface area contributed by atoms with Crippen LogP contribution in [0.2, 0.25) is 5.02 Å². The largest absolute Gasteiger partial charge is 0.497 e. The molecule has 7 nitrogen and oxygen atoms in total. The van der Waals surface area contributed by atoms with Crippen molar-refractivity contribution >= 4 is 57.1 Å². The molecule has 0 atom stereocenters. The van der Waals surface area contributed by atoms with E-state index in [4.69, 9.17) is 21.1 Å². The molecule has 172 valence electrons. The van der Waals surface area contributed by atoms with Gasteiger partial charge in [-0.25, -0.2) is 9.69 Å². The number of rotatable bonds is 6. The maximum atomic E-state index is 13.2. The molecular weight excluding hydrogens is 524 g/mol. The van der Waals surface area contributed by atoms with E-state index < -0.39 is 17.8 Å². The van der Waals surface area contributed by atoms with Crippen LogP contribution in [-0.2, 0) is 16.2 Å². The van der Waals surface area contributed by atoms with E-state index in [1.807, 2.05) is 24.3 Å². The van der Waals surface area contributed by atoms with Crippen molar-refractivity contribution in [2.75, 3.05) is 12.0 Å². The van der Waals surface area contributed by atoms with E-state index in [0.29, 0.717) is 17.1 Å². The third-order valence-corrected chi connectivity index (χ3v) is 5.87. The molecule has 9 heteroatoms. The van der Waals surface area contributed by atoms with Gasteiger partial charge in [0.2, 0.25) is 0 Å². The summed E-state index contributed by atoms with van der Waals surface area (Å²) in [6.07, 6.45) is 1.38. The van der Waals surface area contributed by atoms with Crippen molar-refractivity contribution in [2.24, 2.45) is 0 Å². The van der Waals surface area contributed by atoms with Crippen molar-refractivity contribution in [1.29, 1.82) is 0 Å². The second-order valence-electron chi connectivity index (χ2n) is 7.23. The maximum Gasteiger partial charge on any atom is 0.335 e. The van der Waals surface area contributed by atoms with Gasteiger partial charge in [-0.3, -0.25) is 14.9 Å². The van der Waals surface area contributed by atoms with E-state index in [0.717, 1.165) is 14.9 Å². The first-order valence-electron chi connectivity index (χ1n) is 10.1. The van der Waals surface area contributed by atoms with Crippen LogP contribution < -0.4 is 19.7 Å². The SMILES string of the molecule is COc1ccc(/C=C2\C(=O)NC(=O)N(c3ccccc3Cl)C2=O)c(OCc2ccc(Br)cc2)c1. The number of methoxy groups -OCH3 is 1. The van der Waals surface area contributed by atoms with Gasteiger partial charge in [0.15, 0.2) is 0 Å². The molecule has 0 saturated carbocycles. The van der Waals surface area contributed by atoms with Gasteiger partial charge in [0, 0.05) is 16.1 Å². The Morgan fingerprint density at radius 1 is 1.03 bits per heavy atom. The lowest BCUT2D eigenvalue weighted by Crippen LogP contribution is -2.54. The number of ether oxygens (including phenoxy) is 2. The number of nitrogens with one attached hydrogen (secondary N) is 1. The highest BCUT2D eigenvalue weighted by atomic mass is 79.9. The molecule has 3 aromatic rings. The zero-order valence-electron chi connectivity index (χ0n) is 17.9. The smallest absolute Gasteiger partial charge is 0.335 e. The Morgan fingerprint density at radius 2 is 1.76 bits per heavy atom. The van der Waals surface area contributed by atoms with Crippen LogP contribution >= 0.6 is 27.5 Å². The number of barbiturate groups is 1. The molecule has 1 saturated heterocycles. The summed E-state index contributed by atoms with van der Waals surface area (Å²) in [6, 6.07) is 18.1. The van der Waals surface area contributed by atoms with Crippen molar-refractivity contribution in [1.82, 2.24) is 5.32 Å². The summed E-state index contributed by atoms with van der Waals surface area (Å²) in [5.41, 5.74) is 1.32. The number of imide groups is 2. The van der Waals surface area contributed by atoms with Crippen molar-refractivity contribution in [2.45, 2.75) is 6.61 Å². The molecule has 1 heterocycles. The van der Waals surface area contributed by atoms with Crippen LogP contribution in [0.25, 0.3) is 6.08 Å². The summed E-state index contributed by atoms with van der Waals surface area (Å²) >= 11 is 9.58. The molecule has 0 unspecified atom stereocenters. The van der Waals surface area contributed by atoms with Gasteiger partial charge in [0.25, 0.3) is 11.8 Å². The Morgan fingerprint density at radius 3 is 2.47 bits per heavy atom. The average Bonchev–Trinajstić information content (AvgIpc) is 2.83. The van der Waals surface area contributed by atoms with Gasteiger partial charge >= 0.3 is 6.03 Å². The van der Waals surface area contributed by atoms with E-state index in [9.17, 15) is 14.4 Å². The van der Waals surface area contributed by atoms with Gasteiger partial charge in [-0.1, -0.05) is 51.8 Å². The minimum Gasteiger partial charge on any atom is -0.497 e. The van der Waals surface area contributed by atoms with Crippen LogP contribution in [0, 0.1) is 0 Å². The number of hydrogen-bond acceptors (Lipinski definition) is 5. The van der Waals surface area contributed by atoms with Gasteiger partial charge in [-0.2, -0.15) is 0 Å². The van der Waals surface area contributed by atoms with Crippen LogP contribution in [0.1, 0.15) is 11.1 Å². The first-order valence-corrected chi connectivity index (χ1v) is 11.3. The Balaban J connectivity index is 1.69. The summed E-state index contributed by atoms with van der Waals surface area (Å²) in [7, 11) is 1.52. The normalized spacial score (nSPS) is 14.9. The minimum atomic E-state index is -0.873. The predicted molar refractivity (Wildman–Crippen MR) is 132 cm³/mol. The fourth-order valence-electron chi connectivity index (χ4n) is 3.29. The molecule has 0 aliphatic carbocycles. The van der Waals surface area contributed by atoms with Crippen molar-refractivity contribution in [3.63, 3.8) is 0 Å². The monoisotopic (exact) mass is 540 g/mol. The number of anilines is 1. The number of benzene rings is 3. The summed E-state index contributed by atoms with van der Waals surface area (Å²) in [5.74, 6) is -0.665. The lowest BCUT2D eigenvalue weighted by Gasteiger charge is -2.27. The molecule has 0 spiro atoms. The molecule has 0 bridgehead atoms. The first kappa shape index (κ1) is 23.5. The van der Waals surface area contributed by atoms with Crippen LogP contribution in [0.15, 0.2) is 76.8 Å². The molecule has 34 heavy (non-hydrogen) atoms. The van der Waals surface area contributed by atoms with Crippen LogP contribution in [0.3, 0.4) is 0 Å². The Hall–Kier alpha value is -3.62. The van der Waals surface area contributed by atoms with E-state index >= 15 is 0 Å². The summed E-state index contributed by atoms with van der Waals surface area (Å²) in [5, 5.41) is 2.39. The molecule has 1 aliphatic rings. The molecule has 0 radical (unpaired) electrons. The molecular formula is C25H18BrClN2O5. The van der Waals surface area contributed by atoms with Gasteiger partial charge in [0.05, 0.1) is 17.8 Å². The van der Waals surface area contributed by atoms with E-state index in [1.54, 1.807) is 36.4 Å². The maximum absolute atomic E-state index is 13.2. The summed E-state index contributed by atoms with van der Waals surface area (Å²) in [4.78, 5) is 39.0. The molecule has 1 fully saturated rings. The number of para-hydroxylation sites is 1. The lowest BCUT2D eigenvalue weighted by atomic mass is 10.1. The summed E-state index contributed by atoms with van der Waals surface area (Å²) in [6.45, 7) is 0.251. The van der Waals surface area contributed by atoms with E-state index in [2.05, 4.69) is 21.2 Å². The van der Waals surface area contributed by atoms with E-state index in [-0.39, 0.29) is 22.9 Å². The Labute approximate surface area is 209 Å². The number of urea groups is 1. The number of hydrogen-bond donors (Lipinski definition) is 1. The number of carbonyl (C=O) groups excluding carboxylic acids is 3. The molecule has 4 rings (SSSR count). The highest BCUT2D eigenvalue weighted by molar-refractivity contribution is 9.10. The predicted octanol–water partition coefficient (Wildman–Crippen LogP) is 5.36. The highest BCUT2D eigenvalue weighted by Crippen LogP contribution is 2.31. The van der Waals surface area contributed by atoms with Gasteiger partial charge in [0.1, 0.15) is 23.7 Å². The van der Waals surface area contributed by atoms with Crippen LogP contribution in [0.5, 0.6) is 11.5 Å². The Kier molecular flexibility index (Phi) is 7.00. The van der Waals surface area contributed by atoms with Crippen molar-refractivity contribution < 1.29 is 23.9 Å². The molecule has 1 aliphatic heterocycles. The fraction of sp³-hybridized carbons (Fsp3) is 0.0800. The average molecular weight is 542 g/mol. The molecule has 1 N–H and O–H groups in total. The standard InChI is InChI=1S/C25H18BrClN2O5/c1-33-18-11-8-16(22(13-18)34-14-15-6-9-17(26)10-7-15)12-19-23(30)28-25(32)29(24(19)31)21-5-3-2-4-20(21)27/h2-13H,14H2,1H3,(H,28,30,32)/b19-12+. The van der Waals surface area contributed by atoms with Gasteiger partial charge < -0.3 is 9.47 Å². The topological polar surface area (TPSA) is 84.9 Å². The third kappa shape index (κ3) is 4.98. The number of halogens is 2. The van der Waals surface area contributed by atoms with Gasteiger partial charge in [-0.15, -0.1) is 0 Å². The fourth-order valence-corrected chi connectivity index (χ4v) is 3.78. The molecule has 0 aromatic heterocycles. The second-order valence-corrected chi connectivity index (χ2v) is 8.55. The first-order chi connectivity index (χ1) is 16.4. The zero-order chi connectivity index (χ0) is 24.2. The van der Waals surface area contributed by atoms with Gasteiger partial charge in [-0.05, 0) is 48.0 Å². The van der Waals surface area contributed by atoms with Crippen molar-refractivity contribution in [3.8, 4) is 11.5 Å². The third-order valence-electron chi connectivity index (χ3n) is 5.02. The van der Waals surface area contributed by atoms with E-state index in [1.165, 1.54) is 19.3 Å². The second kappa shape index (κ2) is 10.1. The van der Waals surface area contributed by atoms with Crippen LogP contribution in [0.4, 0.5) is 10.5 Å². The van der Waals surface area contributed by atoms with Crippen molar-refractivity contribution in [3.05, 3.63) is 92.9 Å². The molecule has 3 aromatic carbocycles. The van der Waals surface area contributed by atoms with Crippen LogP contribution in [-0.4, -0.2) is 25.0 Å². The zero-order valence-corrected chi connectivity index (χ0v) is 20.2. The molecule has 4 amide bonds. The quantitative estimate of drug-likeness (QED) is 0.336.